The van der Waals surface area contributed by atoms with Gasteiger partial charge in [0.25, 0.3) is 5.91 Å². The highest BCUT2D eigenvalue weighted by Gasteiger charge is 2.32. The van der Waals surface area contributed by atoms with Crippen LogP contribution in [0.15, 0.2) is 91.8 Å². The molecule has 1 aliphatic rings. The van der Waals surface area contributed by atoms with E-state index in [4.69, 9.17) is 0 Å². The summed E-state index contributed by atoms with van der Waals surface area (Å²) in [5.41, 5.74) is 3.90. The van der Waals surface area contributed by atoms with Crippen LogP contribution >= 0.6 is 0 Å². The third-order valence-electron chi connectivity index (χ3n) is 5.82. The minimum Gasteiger partial charge on any atom is -0.337 e. The van der Waals surface area contributed by atoms with Crippen molar-refractivity contribution < 1.29 is 9.59 Å². The zero-order chi connectivity index (χ0) is 22.3. The first-order valence-electron chi connectivity index (χ1n) is 10.9. The molecule has 2 heterocycles. The standard InChI is InChI=1S/C27H27N3O2/c1-2-15-29-16-17-30(26(31)23-8-4-3-5-9-23)20-25(27(29)32)19-21-7-6-10-24(18-21)22-11-13-28-14-12-22/h2-14,18,25H,1,15-17,19-20H2/t25-/m0/s1. The van der Waals surface area contributed by atoms with Gasteiger partial charge in [-0.25, -0.2) is 0 Å². The maximum atomic E-state index is 13.3. The molecular weight excluding hydrogens is 398 g/mol. The van der Waals surface area contributed by atoms with E-state index in [0.29, 0.717) is 38.2 Å². The zero-order valence-electron chi connectivity index (χ0n) is 18.1. The first-order valence-corrected chi connectivity index (χ1v) is 10.9. The highest BCUT2D eigenvalue weighted by atomic mass is 16.2. The number of hydrogen-bond donors (Lipinski definition) is 0. The average Bonchev–Trinajstić information content (AvgIpc) is 2.99. The molecule has 0 radical (unpaired) electrons. The van der Waals surface area contributed by atoms with Gasteiger partial charge in [0.2, 0.25) is 5.91 Å². The van der Waals surface area contributed by atoms with Crippen molar-refractivity contribution in [3.8, 4) is 11.1 Å². The lowest BCUT2D eigenvalue weighted by Crippen LogP contribution is -2.38. The normalized spacial score (nSPS) is 16.5. The van der Waals surface area contributed by atoms with Gasteiger partial charge < -0.3 is 9.80 Å². The molecule has 3 aromatic rings. The van der Waals surface area contributed by atoms with E-state index in [1.807, 2.05) is 64.4 Å². The maximum absolute atomic E-state index is 13.3. The lowest BCUT2D eigenvalue weighted by Gasteiger charge is -2.24. The predicted molar refractivity (Wildman–Crippen MR) is 126 cm³/mol. The van der Waals surface area contributed by atoms with Crippen molar-refractivity contribution in [3.63, 3.8) is 0 Å². The van der Waals surface area contributed by atoms with Gasteiger partial charge in [0.15, 0.2) is 0 Å². The van der Waals surface area contributed by atoms with E-state index in [2.05, 4.69) is 23.7 Å². The summed E-state index contributed by atoms with van der Waals surface area (Å²) in [5.74, 6) is -0.269. The fraction of sp³-hybridized carbons (Fsp3) is 0.222. The summed E-state index contributed by atoms with van der Waals surface area (Å²) in [4.78, 5) is 34.2. The Balaban J connectivity index is 1.59. The molecule has 0 spiro atoms. The monoisotopic (exact) mass is 425 g/mol. The van der Waals surface area contributed by atoms with E-state index in [-0.39, 0.29) is 17.7 Å². The second-order valence-electron chi connectivity index (χ2n) is 8.03. The van der Waals surface area contributed by atoms with Crippen molar-refractivity contribution >= 4 is 11.8 Å². The second kappa shape index (κ2) is 10.1. The molecule has 0 unspecified atom stereocenters. The largest absolute Gasteiger partial charge is 0.337 e. The van der Waals surface area contributed by atoms with Crippen LogP contribution in [0.1, 0.15) is 15.9 Å². The number of amides is 2. The van der Waals surface area contributed by atoms with Crippen LogP contribution in [0.2, 0.25) is 0 Å². The van der Waals surface area contributed by atoms with Crippen LogP contribution < -0.4 is 0 Å². The van der Waals surface area contributed by atoms with Gasteiger partial charge in [0.05, 0.1) is 5.92 Å². The Hall–Kier alpha value is -3.73. The molecule has 0 bridgehead atoms. The summed E-state index contributed by atoms with van der Waals surface area (Å²) in [6.45, 7) is 5.71. The summed E-state index contributed by atoms with van der Waals surface area (Å²) >= 11 is 0. The fourth-order valence-electron chi connectivity index (χ4n) is 4.19. The third kappa shape index (κ3) is 4.94. The maximum Gasteiger partial charge on any atom is 0.253 e. The second-order valence-corrected chi connectivity index (χ2v) is 8.03. The number of benzene rings is 2. The van der Waals surface area contributed by atoms with E-state index in [9.17, 15) is 9.59 Å². The van der Waals surface area contributed by atoms with Crippen molar-refractivity contribution in [2.75, 3.05) is 26.2 Å². The van der Waals surface area contributed by atoms with E-state index >= 15 is 0 Å². The highest BCUT2D eigenvalue weighted by molar-refractivity contribution is 5.94. The van der Waals surface area contributed by atoms with Gasteiger partial charge in [-0.15, -0.1) is 6.58 Å². The van der Waals surface area contributed by atoms with Crippen molar-refractivity contribution in [2.45, 2.75) is 6.42 Å². The van der Waals surface area contributed by atoms with Gasteiger partial charge in [0.1, 0.15) is 0 Å². The quantitative estimate of drug-likeness (QED) is 0.559. The van der Waals surface area contributed by atoms with Gasteiger partial charge in [-0.1, -0.05) is 48.5 Å². The Morgan fingerprint density at radius 1 is 1.00 bits per heavy atom. The van der Waals surface area contributed by atoms with Crippen LogP contribution in [0.3, 0.4) is 0 Å². The third-order valence-corrected chi connectivity index (χ3v) is 5.82. The number of hydrogen-bond acceptors (Lipinski definition) is 3. The molecule has 2 amide bonds. The van der Waals surface area contributed by atoms with E-state index in [1.165, 1.54) is 0 Å². The summed E-state index contributed by atoms with van der Waals surface area (Å²) in [7, 11) is 0. The fourth-order valence-corrected chi connectivity index (χ4v) is 4.19. The molecular formula is C27H27N3O2. The highest BCUT2D eigenvalue weighted by Crippen LogP contribution is 2.23. The Bertz CT molecular complexity index is 1080. The van der Waals surface area contributed by atoms with Crippen molar-refractivity contribution in [3.05, 3.63) is 103 Å². The van der Waals surface area contributed by atoms with E-state index in [1.54, 1.807) is 18.5 Å². The zero-order valence-corrected chi connectivity index (χ0v) is 18.1. The SMILES string of the molecule is C=CCN1CCN(C(=O)c2ccccc2)C[C@H](Cc2cccc(-c3ccncc3)c2)C1=O. The molecule has 0 N–H and O–H groups in total. The van der Waals surface area contributed by atoms with Gasteiger partial charge >= 0.3 is 0 Å². The average molecular weight is 426 g/mol. The molecule has 1 fully saturated rings. The number of rotatable bonds is 6. The van der Waals surface area contributed by atoms with Crippen molar-refractivity contribution in [1.29, 1.82) is 0 Å². The smallest absolute Gasteiger partial charge is 0.253 e. The molecule has 1 aromatic heterocycles. The van der Waals surface area contributed by atoms with Crippen LogP contribution in [0.5, 0.6) is 0 Å². The molecule has 32 heavy (non-hydrogen) atoms. The number of carbonyl (C=O) groups excluding carboxylic acids is 2. The summed E-state index contributed by atoms with van der Waals surface area (Å²) in [5, 5.41) is 0. The van der Waals surface area contributed by atoms with Crippen LogP contribution in [-0.4, -0.2) is 52.8 Å². The predicted octanol–water partition coefficient (Wildman–Crippen LogP) is 4.08. The van der Waals surface area contributed by atoms with E-state index < -0.39 is 0 Å². The minimum absolute atomic E-state index is 0.0330. The number of carbonyl (C=O) groups is 2. The van der Waals surface area contributed by atoms with Crippen LogP contribution in [0, 0.1) is 5.92 Å². The number of aromatic nitrogens is 1. The molecule has 1 aliphatic heterocycles. The topological polar surface area (TPSA) is 53.5 Å². The minimum atomic E-state index is -0.308. The van der Waals surface area contributed by atoms with Gasteiger partial charge in [-0.2, -0.15) is 0 Å². The van der Waals surface area contributed by atoms with Gasteiger partial charge in [0, 0.05) is 44.1 Å². The summed E-state index contributed by atoms with van der Waals surface area (Å²) in [6.07, 6.45) is 5.87. The Morgan fingerprint density at radius 3 is 2.53 bits per heavy atom. The molecule has 0 saturated carbocycles. The lowest BCUT2D eigenvalue weighted by atomic mass is 9.95. The van der Waals surface area contributed by atoms with Crippen molar-refractivity contribution in [2.24, 2.45) is 5.92 Å². The molecule has 0 aliphatic carbocycles. The Morgan fingerprint density at radius 2 is 1.78 bits per heavy atom. The lowest BCUT2D eigenvalue weighted by molar-refractivity contribution is -0.134. The Kier molecular flexibility index (Phi) is 6.75. The number of nitrogens with zero attached hydrogens (tertiary/aromatic N) is 3. The summed E-state index contributed by atoms with van der Waals surface area (Å²) < 4.78 is 0. The molecule has 1 saturated heterocycles. The first kappa shape index (κ1) is 21.5. The van der Waals surface area contributed by atoms with Crippen LogP contribution in [-0.2, 0) is 11.2 Å². The number of pyridine rings is 1. The van der Waals surface area contributed by atoms with Crippen LogP contribution in [0.25, 0.3) is 11.1 Å². The van der Waals surface area contributed by atoms with Crippen molar-refractivity contribution in [1.82, 2.24) is 14.8 Å². The first-order chi connectivity index (χ1) is 15.7. The molecule has 2 aromatic carbocycles. The van der Waals surface area contributed by atoms with Gasteiger partial charge in [-0.3, -0.25) is 14.6 Å². The van der Waals surface area contributed by atoms with Crippen LogP contribution in [0.4, 0.5) is 0 Å². The van der Waals surface area contributed by atoms with Gasteiger partial charge in [-0.05, 0) is 47.4 Å². The molecule has 5 nitrogen and oxygen atoms in total. The molecule has 1 atom stereocenters. The molecule has 162 valence electrons. The molecule has 4 rings (SSSR count). The molecule has 5 heteroatoms. The van der Waals surface area contributed by atoms with E-state index in [0.717, 1.165) is 16.7 Å². The Labute approximate surface area is 189 Å². The summed E-state index contributed by atoms with van der Waals surface area (Å²) in [6, 6.07) is 21.5.